The zero-order valence-corrected chi connectivity index (χ0v) is 11.5. The smallest absolute Gasteiger partial charge is 0.178 e. The maximum Gasteiger partial charge on any atom is 0.178 e. The minimum Gasteiger partial charge on any atom is -0.390 e. The molecule has 0 amide bonds. The second kappa shape index (κ2) is 3.81. The number of hydrogen-bond acceptors (Lipinski definition) is 4. The Kier molecular flexibility index (Phi) is 2.20. The number of hydrogen-bond donors (Lipinski definition) is 2. The molecule has 0 saturated heterocycles. The van der Waals surface area contributed by atoms with E-state index in [1.807, 2.05) is 13.1 Å². The van der Waals surface area contributed by atoms with Crippen molar-refractivity contribution in [1.29, 1.82) is 0 Å². The first kappa shape index (κ1) is 11.0. The lowest BCUT2D eigenvalue weighted by molar-refractivity contribution is 0.915. The molecule has 3 aromatic heterocycles. The molecule has 0 aromatic carbocycles. The Labute approximate surface area is 114 Å². The van der Waals surface area contributed by atoms with E-state index in [9.17, 15) is 0 Å². The lowest BCUT2D eigenvalue weighted by Gasteiger charge is -1.98. The van der Waals surface area contributed by atoms with Crippen molar-refractivity contribution < 1.29 is 0 Å². The first-order valence-corrected chi connectivity index (χ1v) is 7.27. The Balaban J connectivity index is 1.95. The molecule has 3 heterocycles. The molecule has 19 heavy (non-hydrogen) atoms. The van der Waals surface area contributed by atoms with Crippen molar-refractivity contribution in [3.05, 3.63) is 28.3 Å². The summed E-state index contributed by atoms with van der Waals surface area (Å²) >= 11 is 1.71. The zero-order valence-electron chi connectivity index (χ0n) is 10.7. The Hall–Kier alpha value is -1.88. The predicted octanol–water partition coefficient (Wildman–Crippen LogP) is 3.07. The number of nitrogen functional groups attached to an aromatic ring is 1. The van der Waals surface area contributed by atoms with Crippen molar-refractivity contribution in [2.45, 2.75) is 26.2 Å². The van der Waals surface area contributed by atoms with Gasteiger partial charge in [0.2, 0.25) is 0 Å². The number of nitrogens with zero attached hydrogens (tertiary/aromatic N) is 2. The number of aromatic amines is 1. The van der Waals surface area contributed by atoms with E-state index < -0.39 is 0 Å². The molecule has 0 atom stereocenters. The normalized spacial score (nSPS) is 14.2. The molecule has 3 N–H and O–H groups in total. The molecule has 4 nitrogen and oxygen atoms in total. The summed E-state index contributed by atoms with van der Waals surface area (Å²) in [6.07, 6.45) is 5.34. The van der Waals surface area contributed by atoms with Gasteiger partial charge in [-0.25, -0.2) is 9.97 Å². The van der Waals surface area contributed by atoms with Crippen LogP contribution < -0.4 is 5.73 Å². The third-order valence-electron chi connectivity index (χ3n) is 3.66. The summed E-state index contributed by atoms with van der Waals surface area (Å²) in [7, 11) is 0. The molecule has 96 valence electrons. The van der Waals surface area contributed by atoms with Crippen molar-refractivity contribution in [2.75, 3.05) is 5.73 Å². The van der Waals surface area contributed by atoms with Crippen molar-refractivity contribution in [2.24, 2.45) is 0 Å². The fourth-order valence-electron chi connectivity index (χ4n) is 2.81. The van der Waals surface area contributed by atoms with Gasteiger partial charge in [0.05, 0.1) is 16.1 Å². The fourth-order valence-corrected chi connectivity index (χ4v) is 3.97. The van der Waals surface area contributed by atoms with Gasteiger partial charge in [-0.05, 0) is 43.4 Å². The third kappa shape index (κ3) is 1.58. The van der Waals surface area contributed by atoms with Gasteiger partial charge in [0, 0.05) is 11.1 Å². The van der Waals surface area contributed by atoms with Crippen molar-refractivity contribution in [1.82, 2.24) is 15.0 Å². The van der Waals surface area contributed by atoms with Gasteiger partial charge in [0.15, 0.2) is 5.65 Å². The summed E-state index contributed by atoms with van der Waals surface area (Å²) in [5, 5.41) is 0.875. The average molecular weight is 270 g/mol. The largest absolute Gasteiger partial charge is 0.390 e. The molecular weight excluding hydrogens is 256 g/mol. The molecule has 3 aromatic rings. The number of imidazole rings is 1. The number of nitrogens with one attached hydrogen (secondary N) is 1. The molecule has 1 aliphatic rings. The minimum atomic E-state index is 0.762. The van der Waals surface area contributed by atoms with Crippen LogP contribution in [0.25, 0.3) is 22.6 Å². The lowest BCUT2D eigenvalue weighted by atomic mass is 10.1. The second-order valence-corrected chi connectivity index (χ2v) is 6.20. The molecule has 5 heteroatoms. The van der Waals surface area contributed by atoms with Crippen molar-refractivity contribution in [3.8, 4) is 11.4 Å². The molecule has 0 spiro atoms. The molecule has 0 fully saturated rings. The molecule has 0 aliphatic heterocycles. The number of anilines is 1. The topological polar surface area (TPSA) is 67.6 Å². The second-order valence-electron chi connectivity index (χ2n) is 5.07. The monoisotopic (exact) mass is 270 g/mol. The van der Waals surface area contributed by atoms with E-state index in [2.05, 4.69) is 21.0 Å². The Bertz CT molecular complexity index is 784. The number of H-pyrrole nitrogens is 1. The van der Waals surface area contributed by atoms with E-state index in [0.717, 1.165) is 46.0 Å². The van der Waals surface area contributed by atoms with E-state index in [-0.39, 0.29) is 0 Å². The highest BCUT2D eigenvalue weighted by Crippen LogP contribution is 2.42. The highest BCUT2D eigenvalue weighted by molar-refractivity contribution is 7.16. The predicted molar refractivity (Wildman–Crippen MR) is 78.4 cm³/mol. The number of pyridine rings is 1. The number of rotatable bonds is 1. The van der Waals surface area contributed by atoms with Crippen molar-refractivity contribution >= 4 is 27.5 Å². The maximum absolute atomic E-state index is 6.17. The highest BCUT2D eigenvalue weighted by atomic mass is 32.1. The Morgan fingerprint density at radius 1 is 1.37 bits per heavy atom. The van der Waals surface area contributed by atoms with Gasteiger partial charge in [-0.15, -0.1) is 11.3 Å². The molecule has 0 saturated carbocycles. The summed E-state index contributed by atoms with van der Waals surface area (Å²) in [4.78, 5) is 13.7. The standard InChI is InChI=1S/C14H14N4S/c1-7-5-9-13(16-6-7)18-14(17-9)11-8-3-2-4-10(8)19-12(11)15/h5-6H,2-4,15H2,1H3,(H,16,17,18). The van der Waals surface area contributed by atoms with Crippen LogP contribution >= 0.6 is 11.3 Å². The number of thiophene rings is 1. The summed E-state index contributed by atoms with van der Waals surface area (Å²) in [5.41, 5.74) is 11.5. The number of aromatic nitrogens is 3. The van der Waals surface area contributed by atoms with E-state index in [4.69, 9.17) is 5.73 Å². The maximum atomic E-state index is 6.17. The van der Waals surface area contributed by atoms with Gasteiger partial charge in [0.1, 0.15) is 5.82 Å². The van der Waals surface area contributed by atoms with E-state index >= 15 is 0 Å². The fraction of sp³-hybridized carbons (Fsp3) is 0.286. The number of fused-ring (bicyclic) bond motifs is 2. The van der Waals surface area contributed by atoms with Gasteiger partial charge in [-0.3, -0.25) is 0 Å². The van der Waals surface area contributed by atoms with Crippen LogP contribution in [-0.4, -0.2) is 15.0 Å². The van der Waals surface area contributed by atoms with Crippen LogP contribution in [0, 0.1) is 6.92 Å². The van der Waals surface area contributed by atoms with E-state index in [1.165, 1.54) is 16.9 Å². The summed E-state index contributed by atoms with van der Waals surface area (Å²) in [5.74, 6) is 0.866. The van der Waals surface area contributed by atoms with Gasteiger partial charge >= 0.3 is 0 Å². The number of nitrogens with two attached hydrogens (primary N) is 1. The summed E-state index contributed by atoms with van der Waals surface area (Å²) in [6.45, 7) is 2.03. The first-order valence-electron chi connectivity index (χ1n) is 6.45. The SMILES string of the molecule is Cc1cnc2nc(-c3c(N)sc4c3CCC4)[nH]c2c1. The summed E-state index contributed by atoms with van der Waals surface area (Å²) in [6, 6.07) is 2.07. The lowest BCUT2D eigenvalue weighted by Crippen LogP contribution is -1.89. The molecular formula is C14H14N4S. The van der Waals surface area contributed by atoms with Crippen LogP contribution in [-0.2, 0) is 12.8 Å². The van der Waals surface area contributed by atoms with E-state index in [1.54, 1.807) is 11.3 Å². The van der Waals surface area contributed by atoms with Gasteiger partial charge in [-0.1, -0.05) is 0 Å². The van der Waals surface area contributed by atoms with Crippen LogP contribution in [0.1, 0.15) is 22.4 Å². The minimum absolute atomic E-state index is 0.762. The molecule has 4 rings (SSSR count). The van der Waals surface area contributed by atoms with E-state index in [0.29, 0.717) is 0 Å². The molecule has 0 radical (unpaired) electrons. The molecule has 0 unspecified atom stereocenters. The van der Waals surface area contributed by atoms with Crippen LogP contribution in [0.4, 0.5) is 5.00 Å². The number of aryl methyl sites for hydroxylation is 2. The highest BCUT2D eigenvalue weighted by Gasteiger charge is 2.23. The van der Waals surface area contributed by atoms with Crippen LogP contribution in [0.5, 0.6) is 0 Å². The Morgan fingerprint density at radius 2 is 2.26 bits per heavy atom. The van der Waals surface area contributed by atoms with Crippen LogP contribution in [0.3, 0.4) is 0 Å². The van der Waals surface area contributed by atoms with Gasteiger partial charge in [0.25, 0.3) is 0 Å². The molecule has 0 bridgehead atoms. The zero-order chi connectivity index (χ0) is 13.0. The third-order valence-corrected chi connectivity index (χ3v) is 4.78. The quantitative estimate of drug-likeness (QED) is 0.714. The molecule has 1 aliphatic carbocycles. The van der Waals surface area contributed by atoms with Gasteiger partial charge in [-0.2, -0.15) is 0 Å². The van der Waals surface area contributed by atoms with Gasteiger partial charge < -0.3 is 10.7 Å². The first-order chi connectivity index (χ1) is 9.22. The van der Waals surface area contributed by atoms with Crippen LogP contribution in [0.15, 0.2) is 12.3 Å². The average Bonchev–Trinajstić information content (AvgIpc) is 3.01. The van der Waals surface area contributed by atoms with Crippen molar-refractivity contribution in [3.63, 3.8) is 0 Å². The van der Waals surface area contributed by atoms with Crippen LogP contribution in [0.2, 0.25) is 0 Å². The summed E-state index contributed by atoms with van der Waals surface area (Å²) < 4.78 is 0. The Morgan fingerprint density at radius 3 is 3.16 bits per heavy atom.